The molecule has 1 aromatic carbocycles. The highest BCUT2D eigenvalue weighted by atomic mass is 16.6. The highest BCUT2D eigenvalue weighted by Gasteiger charge is 2.27. The second-order valence-corrected chi connectivity index (χ2v) is 6.66. The molecule has 7 nitrogen and oxygen atoms in total. The Balaban J connectivity index is 1.51. The van der Waals surface area contributed by atoms with E-state index in [1.165, 1.54) is 18.3 Å². The Hall–Kier alpha value is -2.83. The van der Waals surface area contributed by atoms with Gasteiger partial charge in [0.25, 0.3) is 11.5 Å². The summed E-state index contributed by atoms with van der Waals surface area (Å²) < 4.78 is 6.57. The average Bonchev–Trinajstić information content (AvgIpc) is 2.64. The topological polar surface area (TPSA) is 82.5 Å². The molecule has 1 aromatic heterocycles. The molecular formula is C19H23N3O4. The molecule has 0 amide bonds. The van der Waals surface area contributed by atoms with E-state index < -0.39 is 4.92 Å². The van der Waals surface area contributed by atoms with E-state index in [4.69, 9.17) is 4.74 Å². The van der Waals surface area contributed by atoms with Crippen LogP contribution < -0.4 is 14.4 Å². The summed E-state index contributed by atoms with van der Waals surface area (Å²) in [5.74, 6) is 1.82. The lowest BCUT2D eigenvalue weighted by atomic mass is 9.94. The zero-order chi connectivity index (χ0) is 18.5. The van der Waals surface area contributed by atoms with Crippen molar-refractivity contribution < 1.29 is 14.4 Å². The van der Waals surface area contributed by atoms with Crippen molar-refractivity contribution in [1.29, 1.82) is 0 Å². The van der Waals surface area contributed by atoms with Crippen LogP contribution in [0.2, 0.25) is 0 Å². The van der Waals surface area contributed by atoms with Gasteiger partial charge in [0.15, 0.2) is 0 Å². The maximum Gasteiger partial charge on any atom is 0.286 e. The minimum absolute atomic E-state index is 0.0548. The van der Waals surface area contributed by atoms with Crippen molar-refractivity contribution >= 4 is 11.5 Å². The summed E-state index contributed by atoms with van der Waals surface area (Å²) in [6.45, 7) is 4.15. The molecule has 0 radical (unpaired) electrons. The number of hydrogen-bond acceptors (Lipinski definition) is 5. The van der Waals surface area contributed by atoms with Crippen molar-refractivity contribution in [2.45, 2.75) is 26.2 Å². The highest BCUT2D eigenvalue weighted by Crippen LogP contribution is 2.26. The van der Waals surface area contributed by atoms with Crippen LogP contribution in [-0.2, 0) is 0 Å². The zero-order valence-electron chi connectivity index (χ0n) is 14.8. The fraction of sp³-hybridized carbons (Fsp3) is 0.421. The van der Waals surface area contributed by atoms with Gasteiger partial charge in [-0.15, -0.1) is 0 Å². The molecule has 3 rings (SSSR count). The molecule has 1 fully saturated rings. The number of para-hydroxylation sites is 1. The van der Waals surface area contributed by atoms with Crippen LogP contribution >= 0.6 is 0 Å². The van der Waals surface area contributed by atoms with Crippen molar-refractivity contribution in [3.05, 3.63) is 63.5 Å². The number of aromatic nitrogens is 1. The van der Waals surface area contributed by atoms with Gasteiger partial charge in [-0.05, 0) is 43.7 Å². The number of benzene rings is 1. The highest BCUT2D eigenvalue weighted by molar-refractivity contribution is 5.43. The molecule has 2 heterocycles. The average molecular weight is 357 g/mol. The third-order valence-corrected chi connectivity index (χ3v) is 4.91. The Morgan fingerprint density at radius 3 is 2.69 bits per heavy atom. The largest absolute Gasteiger partial charge is 0.711 e. The van der Waals surface area contributed by atoms with Gasteiger partial charge in [0.2, 0.25) is 0 Å². The molecule has 0 saturated carbocycles. The maximum atomic E-state index is 12.0. The number of rotatable bonds is 6. The van der Waals surface area contributed by atoms with Crippen LogP contribution in [0.15, 0.2) is 42.6 Å². The number of nitro groups is 1. The van der Waals surface area contributed by atoms with Crippen molar-refractivity contribution in [3.8, 4) is 5.75 Å². The Labute approximate surface area is 152 Å². The summed E-state index contributed by atoms with van der Waals surface area (Å²) in [7, 11) is 0. The fourth-order valence-corrected chi connectivity index (χ4v) is 3.31. The fourth-order valence-electron chi connectivity index (χ4n) is 3.31. The molecule has 0 aliphatic carbocycles. The minimum Gasteiger partial charge on any atom is -0.711 e. The van der Waals surface area contributed by atoms with Crippen molar-refractivity contribution in [1.82, 2.24) is 0 Å². The predicted octanol–water partition coefficient (Wildman–Crippen LogP) is 3.22. The molecule has 0 spiro atoms. The normalized spacial score (nSPS) is 15.0. The minimum atomic E-state index is -0.473. The summed E-state index contributed by atoms with van der Waals surface area (Å²) in [6.07, 6.45) is 4.06. The molecule has 1 saturated heterocycles. The molecule has 2 aromatic rings. The van der Waals surface area contributed by atoms with Gasteiger partial charge in [-0.25, -0.2) is 4.73 Å². The lowest BCUT2D eigenvalue weighted by Gasteiger charge is -2.29. The van der Waals surface area contributed by atoms with E-state index in [1.807, 2.05) is 36.1 Å². The van der Waals surface area contributed by atoms with Crippen molar-refractivity contribution in [2.24, 2.45) is 5.92 Å². The van der Waals surface area contributed by atoms with Gasteiger partial charge in [-0.1, -0.05) is 18.2 Å². The number of anilines is 1. The van der Waals surface area contributed by atoms with Gasteiger partial charge in [0.1, 0.15) is 18.0 Å². The molecule has 1 aliphatic heterocycles. The molecule has 138 valence electrons. The first-order valence-corrected chi connectivity index (χ1v) is 8.85. The predicted molar refractivity (Wildman–Crippen MR) is 98.3 cm³/mol. The van der Waals surface area contributed by atoms with Crippen LogP contribution in [0.4, 0.5) is 11.5 Å². The van der Waals surface area contributed by atoms with E-state index >= 15 is 0 Å². The maximum absolute atomic E-state index is 12.0. The molecule has 1 aliphatic rings. The van der Waals surface area contributed by atoms with Crippen molar-refractivity contribution in [3.63, 3.8) is 0 Å². The molecule has 0 unspecified atom stereocenters. The SMILES string of the molecule is Cc1ccccc1OCCC1CCN(c2cc([N+](=O)[O-])cc[n+]2[O-])CC1. The summed E-state index contributed by atoms with van der Waals surface area (Å²) in [4.78, 5) is 12.4. The summed E-state index contributed by atoms with van der Waals surface area (Å²) in [5.41, 5.74) is 1.08. The first kappa shape index (κ1) is 18.0. The third-order valence-electron chi connectivity index (χ3n) is 4.91. The first-order chi connectivity index (χ1) is 12.5. The van der Waals surface area contributed by atoms with Gasteiger partial charge >= 0.3 is 0 Å². The van der Waals surface area contributed by atoms with Gasteiger partial charge < -0.3 is 9.94 Å². The first-order valence-electron chi connectivity index (χ1n) is 8.85. The molecule has 0 N–H and O–H groups in total. The van der Waals surface area contributed by atoms with E-state index in [0.717, 1.165) is 43.7 Å². The number of aryl methyl sites for hydroxylation is 1. The second kappa shape index (κ2) is 8.03. The van der Waals surface area contributed by atoms with E-state index in [1.54, 1.807) is 0 Å². The molecular weight excluding hydrogens is 334 g/mol. The van der Waals surface area contributed by atoms with Crippen LogP contribution in [0.25, 0.3) is 0 Å². The van der Waals surface area contributed by atoms with Gasteiger partial charge in [0.05, 0.1) is 30.7 Å². The van der Waals surface area contributed by atoms with Gasteiger partial charge in [-0.3, -0.25) is 15.0 Å². The molecule has 0 bridgehead atoms. The van der Waals surface area contributed by atoms with E-state index in [2.05, 4.69) is 0 Å². The van der Waals surface area contributed by atoms with Crippen LogP contribution in [0.1, 0.15) is 24.8 Å². The van der Waals surface area contributed by atoms with Crippen LogP contribution in [0, 0.1) is 28.2 Å². The van der Waals surface area contributed by atoms with Crippen LogP contribution in [0.3, 0.4) is 0 Å². The summed E-state index contributed by atoms with van der Waals surface area (Å²) in [6, 6.07) is 10.6. The van der Waals surface area contributed by atoms with Crippen molar-refractivity contribution in [2.75, 3.05) is 24.6 Å². The lowest BCUT2D eigenvalue weighted by molar-refractivity contribution is -0.593. The van der Waals surface area contributed by atoms with E-state index in [-0.39, 0.29) is 5.69 Å². The number of piperidine rings is 1. The van der Waals surface area contributed by atoms with Crippen LogP contribution in [0.5, 0.6) is 5.75 Å². The number of pyridine rings is 1. The standard InChI is InChI=1S/C19H23N3O4/c1-15-4-2-3-5-18(15)26-13-9-16-6-10-20(11-7-16)19-14-17(22(24)25)8-12-21(19)23/h2-5,8,12,14,16H,6-7,9-11,13H2,1H3. The summed E-state index contributed by atoms with van der Waals surface area (Å²) in [5, 5.41) is 22.9. The number of nitrogens with zero attached hydrogens (tertiary/aromatic N) is 3. The number of hydrogen-bond donors (Lipinski definition) is 0. The number of ether oxygens (including phenoxy) is 1. The van der Waals surface area contributed by atoms with E-state index in [0.29, 0.717) is 23.1 Å². The molecule has 26 heavy (non-hydrogen) atoms. The Kier molecular flexibility index (Phi) is 5.55. The Bertz CT molecular complexity index is 773. The van der Waals surface area contributed by atoms with Crippen LogP contribution in [-0.4, -0.2) is 24.6 Å². The molecule has 7 heteroatoms. The quantitative estimate of drug-likeness (QED) is 0.343. The third kappa shape index (κ3) is 4.22. The monoisotopic (exact) mass is 357 g/mol. The van der Waals surface area contributed by atoms with E-state index in [9.17, 15) is 15.3 Å². The molecule has 0 atom stereocenters. The Morgan fingerprint density at radius 2 is 2.00 bits per heavy atom. The lowest BCUT2D eigenvalue weighted by Crippen LogP contribution is -2.42. The Morgan fingerprint density at radius 1 is 1.27 bits per heavy atom. The van der Waals surface area contributed by atoms with Gasteiger partial charge in [-0.2, -0.15) is 0 Å². The van der Waals surface area contributed by atoms with Gasteiger partial charge in [0, 0.05) is 0 Å². The zero-order valence-corrected chi connectivity index (χ0v) is 14.8. The smallest absolute Gasteiger partial charge is 0.286 e. The summed E-state index contributed by atoms with van der Waals surface area (Å²) >= 11 is 0. The second-order valence-electron chi connectivity index (χ2n) is 6.66.